The van der Waals surface area contributed by atoms with Gasteiger partial charge >= 0.3 is 0 Å². The van der Waals surface area contributed by atoms with E-state index < -0.39 is 0 Å². The fourth-order valence-corrected chi connectivity index (χ4v) is 3.60. The Morgan fingerprint density at radius 3 is 2.55 bits per heavy atom. The highest BCUT2D eigenvalue weighted by Crippen LogP contribution is 2.33. The Balaban J connectivity index is 1.74. The summed E-state index contributed by atoms with van der Waals surface area (Å²) in [6, 6.07) is 2.79. The number of rotatable bonds is 3. The van der Waals surface area contributed by atoms with Gasteiger partial charge in [-0.25, -0.2) is 0 Å². The van der Waals surface area contributed by atoms with Crippen LogP contribution in [0, 0.1) is 0 Å². The van der Waals surface area contributed by atoms with Gasteiger partial charge in [0, 0.05) is 25.4 Å². The number of carbonyl (C=O) groups excluding carboxylic acids is 1. The van der Waals surface area contributed by atoms with Crippen LogP contribution in [-0.4, -0.2) is 34.6 Å². The maximum atomic E-state index is 12.6. The monoisotopic (exact) mass is 276 g/mol. The fraction of sp³-hybridized carbons (Fsp3) is 0.688. The number of carbonyl (C=O) groups is 1. The van der Waals surface area contributed by atoms with E-state index in [0.29, 0.717) is 18.2 Å². The molecule has 2 heterocycles. The SMILES string of the molecule is COC1CCC(N2Cc3c(ccn3C(C)C)C2=O)CC1. The van der Waals surface area contributed by atoms with Crippen molar-refractivity contribution in [2.45, 2.75) is 64.3 Å². The molecular weight excluding hydrogens is 252 g/mol. The first-order valence-electron chi connectivity index (χ1n) is 7.65. The summed E-state index contributed by atoms with van der Waals surface area (Å²) in [6.07, 6.45) is 6.70. The summed E-state index contributed by atoms with van der Waals surface area (Å²) in [5.41, 5.74) is 2.10. The minimum Gasteiger partial charge on any atom is -0.381 e. The van der Waals surface area contributed by atoms with Gasteiger partial charge in [-0.1, -0.05) is 0 Å². The standard InChI is InChI=1S/C16H24N2O2/c1-11(2)17-9-8-14-15(17)10-18(16(14)19)12-4-6-13(20-3)7-5-12/h8-9,11-13H,4-7,10H2,1-3H3. The average Bonchev–Trinajstić information content (AvgIpc) is 3.00. The van der Waals surface area contributed by atoms with E-state index in [1.54, 1.807) is 7.11 Å². The molecule has 1 saturated carbocycles. The lowest BCUT2D eigenvalue weighted by molar-refractivity contribution is 0.0339. The summed E-state index contributed by atoms with van der Waals surface area (Å²) in [6.45, 7) is 5.11. The van der Waals surface area contributed by atoms with Gasteiger partial charge in [-0.3, -0.25) is 4.79 Å². The number of nitrogens with zero attached hydrogens (tertiary/aromatic N) is 2. The number of aromatic nitrogens is 1. The molecule has 1 aliphatic heterocycles. The number of amides is 1. The van der Waals surface area contributed by atoms with Gasteiger partial charge in [-0.15, -0.1) is 0 Å². The van der Waals surface area contributed by atoms with Crippen LogP contribution in [0.15, 0.2) is 12.3 Å². The second kappa shape index (κ2) is 5.24. The van der Waals surface area contributed by atoms with Crippen LogP contribution >= 0.6 is 0 Å². The Bertz CT molecular complexity index is 499. The molecular formula is C16H24N2O2. The van der Waals surface area contributed by atoms with Crippen LogP contribution in [0.25, 0.3) is 0 Å². The molecule has 1 aromatic heterocycles. The number of ether oxygens (including phenoxy) is 1. The molecule has 0 N–H and O–H groups in total. The van der Waals surface area contributed by atoms with Crippen LogP contribution in [-0.2, 0) is 11.3 Å². The van der Waals surface area contributed by atoms with Crippen LogP contribution in [0.2, 0.25) is 0 Å². The topological polar surface area (TPSA) is 34.5 Å². The zero-order chi connectivity index (χ0) is 14.3. The molecule has 1 fully saturated rings. The van der Waals surface area contributed by atoms with E-state index in [-0.39, 0.29) is 5.91 Å². The van der Waals surface area contributed by atoms with Crippen molar-refractivity contribution in [2.24, 2.45) is 0 Å². The molecule has 4 nitrogen and oxygen atoms in total. The van der Waals surface area contributed by atoms with Gasteiger partial charge in [0.25, 0.3) is 5.91 Å². The Morgan fingerprint density at radius 2 is 1.95 bits per heavy atom. The number of methoxy groups -OCH3 is 1. The first-order chi connectivity index (χ1) is 9.61. The first-order valence-corrected chi connectivity index (χ1v) is 7.65. The minimum absolute atomic E-state index is 0.222. The third-order valence-corrected chi connectivity index (χ3v) is 4.81. The lowest BCUT2D eigenvalue weighted by Gasteiger charge is -2.34. The molecule has 0 saturated heterocycles. The van der Waals surface area contributed by atoms with E-state index in [9.17, 15) is 4.79 Å². The largest absolute Gasteiger partial charge is 0.381 e. The second-order valence-electron chi connectivity index (χ2n) is 6.28. The van der Waals surface area contributed by atoms with Gasteiger partial charge < -0.3 is 14.2 Å². The molecule has 0 bridgehead atoms. The highest BCUT2D eigenvalue weighted by Gasteiger charge is 2.36. The molecule has 1 aromatic rings. The molecule has 3 rings (SSSR count). The van der Waals surface area contributed by atoms with Gasteiger partial charge in [0.05, 0.1) is 23.9 Å². The molecule has 110 valence electrons. The van der Waals surface area contributed by atoms with Gasteiger partial charge in [-0.2, -0.15) is 0 Å². The predicted octanol–water partition coefficient (Wildman–Crippen LogP) is 2.98. The van der Waals surface area contributed by atoms with E-state index in [1.807, 2.05) is 12.3 Å². The van der Waals surface area contributed by atoms with Crippen LogP contribution in [0.4, 0.5) is 0 Å². The summed E-state index contributed by atoms with van der Waals surface area (Å²) in [5, 5.41) is 0. The molecule has 0 atom stereocenters. The maximum absolute atomic E-state index is 12.6. The van der Waals surface area contributed by atoms with E-state index in [2.05, 4.69) is 23.3 Å². The van der Waals surface area contributed by atoms with Crippen molar-refractivity contribution in [3.63, 3.8) is 0 Å². The van der Waals surface area contributed by atoms with Gasteiger partial charge in [-0.05, 0) is 45.6 Å². The molecule has 0 spiro atoms. The van der Waals surface area contributed by atoms with Crippen LogP contribution in [0.1, 0.15) is 61.6 Å². The van der Waals surface area contributed by atoms with Crippen molar-refractivity contribution < 1.29 is 9.53 Å². The van der Waals surface area contributed by atoms with Crippen LogP contribution < -0.4 is 0 Å². The van der Waals surface area contributed by atoms with Crippen molar-refractivity contribution in [2.75, 3.05) is 7.11 Å². The Kier molecular flexibility index (Phi) is 3.59. The molecule has 0 unspecified atom stereocenters. The third-order valence-electron chi connectivity index (χ3n) is 4.81. The highest BCUT2D eigenvalue weighted by atomic mass is 16.5. The lowest BCUT2D eigenvalue weighted by atomic mass is 9.92. The van der Waals surface area contributed by atoms with Gasteiger partial charge in [0.15, 0.2) is 0 Å². The molecule has 20 heavy (non-hydrogen) atoms. The van der Waals surface area contributed by atoms with Crippen molar-refractivity contribution >= 4 is 5.91 Å². The quantitative estimate of drug-likeness (QED) is 0.850. The van der Waals surface area contributed by atoms with Gasteiger partial charge in [0.2, 0.25) is 0 Å². The van der Waals surface area contributed by atoms with Gasteiger partial charge in [0.1, 0.15) is 0 Å². The Labute approximate surface area is 120 Å². The summed E-state index contributed by atoms with van der Waals surface area (Å²) >= 11 is 0. The first kappa shape index (κ1) is 13.7. The summed E-state index contributed by atoms with van der Waals surface area (Å²) in [4.78, 5) is 14.6. The van der Waals surface area contributed by atoms with E-state index in [4.69, 9.17) is 4.74 Å². The minimum atomic E-state index is 0.222. The van der Waals surface area contributed by atoms with Crippen LogP contribution in [0.5, 0.6) is 0 Å². The third kappa shape index (κ3) is 2.16. The maximum Gasteiger partial charge on any atom is 0.256 e. The lowest BCUT2D eigenvalue weighted by Crippen LogP contribution is -2.39. The summed E-state index contributed by atoms with van der Waals surface area (Å²) in [5.74, 6) is 0.222. The van der Waals surface area contributed by atoms with Crippen LogP contribution in [0.3, 0.4) is 0 Å². The Hall–Kier alpha value is -1.29. The number of hydrogen-bond acceptors (Lipinski definition) is 2. The Morgan fingerprint density at radius 1 is 1.25 bits per heavy atom. The predicted molar refractivity (Wildman–Crippen MR) is 77.7 cm³/mol. The average molecular weight is 276 g/mol. The van der Waals surface area contributed by atoms with Crippen molar-refractivity contribution in [1.82, 2.24) is 9.47 Å². The summed E-state index contributed by atoms with van der Waals surface area (Å²) in [7, 11) is 1.79. The molecule has 1 amide bonds. The molecule has 2 aliphatic rings. The second-order valence-corrected chi connectivity index (χ2v) is 6.28. The highest BCUT2D eigenvalue weighted by molar-refractivity contribution is 5.98. The number of fused-ring (bicyclic) bond motifs is 1. The fourth-order valence-electron chi connectivity index (χ4n) is 3.60. The normalized spacial score (nSPS) is 26.4. The number of hydrogen-bond donors (Lipinski definition) is 0. The molecule has 4 heteroatoms. The molecule has 0 radical (unpaired) electrons. The summed E-state index contributed by atoms with van der Waals surface area (Å²) < 4.78 is 7.65. The van der Waals surface area contributed by atoms with Crippen molar-refractivity contribution in [3.05, 3.63) is 23.5 Å². The van der Waals surface area contributed by atoms with E-state index >= 15 is 0 Å². The zero-order valence-electron chi connectivity index (χ0n) is 12.6. The van der Waals surface area contributed by atoms with Crippen molar-refractivity contribution in [3.8, 4) is 0 Å². The molecule has 1 aliphatic carbocycles. The van der Waals surface area contributed by atoms with E-state index in [1.165, 1.54) is 5.69 Å². The zero-order valence-corrected chi connectivity index (χ0v) is 12.6. The molecule has 0 aromatic carbocycles. The smallest absolute Gasteiger partial charge is 0.256 e. The van der Waals surface area contributed by atoms with E-state index in [0.717, 1.165) is 37.8 Å². The van der Waals surface area contributed by atoms with Crippen molar-refractivity contribution in [1.29, 1.82) is 0 Å².